The van der Waals surface area contributed by atoms with Gasteiger partial charge in [0, 0.05) is 34.6 Å². The van der Waals surface area contributed by atoms with E-state index in [1.54, 1.807) is 24.5 Å². The van der Waals surface area contributed by atoms with E-state index in [1.807, 2.05) is 20.8 Å². The summed E-state index contributed by atoms with van der Waals surface area (Å²) >= 11 is 0. The Labute approximate surface area is 237 Å². The Morgan fingerprint density at radius 3 is 2.66 bits per heavy atom. The second kappa shape index (κ2) is 9.84. The summed E-state index contributed by atoms with van der Waals surface area (Å²) in [6, 6.07) is 2.80. The predicted molar refractivity (Wildman–Crippen MR) is 152 cm³/mol. The first-order valence-electron chi connectivity index (χ1n) is 14.6. The normalized spacial score (nSPS) is 21.6. The highest BCUT2D eigenvalue weighted by Gasteiger charge is 2.44. The molecule has 2 N–H and O–H groups in total. The van der Waals surface area contributed by atoms with Crippen LogP contribution in [0.5, 0.6) is 0 Å². The zero-order chi connectivity index (χ0) is 29.4. The zero-order valence-corrected chi connectivity index (χ0v) is 24.2. The molecule has 216 valence electrons. The van der Waals surface area contributed by atoms with Crippen molar-refractivity contribution in [2.45, 2.75) is 104 Å². The average Bonchev–Trinajstić information content (AvgIpc) is 3.28. The molecule has 3 aliphatic rings. The van der Waals surface area contributed by atoms with Crippen molar-refractivity contribution < 1.29 is 23.8 Å². The molecule has 3 heterocycles. The van der Waals surface area contributed by atoms with Crippen molar-refractivity contribution in [1.29, 1.82) is 0 Å². The minimum absolute atomic E-state index is 0.00335. The van der Waals surface area contributed by atoms with Crippen LogP contribution in [0, 0.1) is 12.7 Å². The molecule has 9 heteroatoms. The number of amides is 1. The molecule has 0 unspecified atom stereocenters. The van der Waals surface area contributed by atoms with Gasteiger partial charge in [0.1, 0.15) is 11.4 Å². The van der Waals surface area contributed by atoms with E-state index in [2.05, 4.69) is 5.32 Å². The fourth-order valence-corrected chi connectivity index (χ4v) is 7.11. The SMILES string of the molecule is CC[C@@]1(O)C(=O)CCc2c1cc1n(c2=O)Cc2c-1nc1cc(F)c(C)c3c1c2[C@@H](NC(=O)C[C@@H](C)OC(C)C)CC3. The number of carbonyl (C=O) groups is 2. The first kappa shape index (κ1) is 27.7. The highest BCUT2D eigenvalue weighted by atomic mass is 19.1. The maximum absolute atomic E-state index is 15.1. The van der Waals surface area contributed by atoms with Crippen LogP contribution in [0.15, 0.2) is 16.9 Å². The van der Waals surface area contributed by atoms with Crippen LogP contribution in [0.4, 0.5) is 4.39 Å². The summed E-state index contributed by atoms with van der Waals surface area (Å²) in [7, 11) is 0. The summed E-state index contributed by atoms with van der Waals surface area (Å²) in [5.74, 6) is -0.782. The first-order chi connectivity index (χ1) is 19.4. The second-order valence-electron chi connectivity index (χ2n) is 12.0. The Kier molecular flexibility index (Phi) is 6.65. The summed E-state index contributed by atoms with van der Waals surface area (Å²) in [4.78, 5) is 44.6. The summed E-state index contributed by atoms with van der Waals surface area (Å²) in [5.41, 5.74) is 3.44. The Morgan fingerprint density at radius 1 is 1.20 bits per heavy atom. The van der Waals surface area contributed by atoms with E-state index in [-0.39, 0.29) is 73.5 Å². The number of benzene rings is 1. The number of Topliss-reactive ketones (excluding diaryl/α,β-unsaturated/α-hetero) is 1. The molecule has 1 amide bonds. The maximum atomic E-state index is 15.1. The molecule has 3 aromatic rings. The molecule has 1 aliphatic heterocycles. The van der Waals surface area contributed by atoms with Crippen LogP contribution >= 0.6 is 0 Å². The van der Waals surface area contributed by atoms with E-state index in [0.29, 0.717) is 46.4 Å². The monoisotopic (exact) mass is 561 g/mol. The number of nitrogens with one attached hydrogen (secondary N) is 1. The van der Waals surface area contributed by atoms with Gasteiger partial charge in [0.05, 0.1) is 48.1 Å². The third kappa shape index (κ3) is 4.24. The number of pyridine rings is 2. The van der Waals surface area contributed by atoms with Crippen molar-refractivity contribution >= 4 is 22.6 Å². The molecule has 0 saturated heterocycles. The number of fused-ring (bicyclic) bond motifs is 5. The first-order valence-corrected chi connectivity index (χ1v) is 14.6. The van der Waals surface area contributed by atoms with Crippen molar-refractivity contribution in [3.05, 3.63) is 61.7 Å². The quantitative estimate of drug-likeness (QED) is 0.363. The lowest BCUT2D eigenvalue weighted by Crippen LogP contribution is -2.43. The fraction of sp³-hybridized carbons (Fsp3) is 0.500. The van der Waals surface area contributed by atoms with Gasteiger partial charge in [-0.25, -0.2) is 9.37 Å². The number of aliphatic hydroxyl groups is 1. The number of halogens is 1. The topological polar surface area (TPSA) is 111 Å². The van der Waals surface area contributed by atoms with Gasteiger partial charge in [-0.05, 0) is 76.1 Å². The maximum Gasteiger partial charge on any atom is 0.254 e. The molecule has 0 radical (unpaired) electrons. The molecule has 0 fully saturated rings. The number of aromatic nitrogens is 2. The fourth-order valence-electron chi connectivity index (χ4n) is 7.11. The van der Waals surface area contributed by atoms with E-state index in [0.717, 1.165) is 22.1 Å². The van der Waals surface area contributed by atoms with Gasteiger partial charge >= 0.3 is 0 Å². The van der Waals surface area contributed by atoms with E-state index in [9.17, 15) is 19.5 Å². The lowest BCUT2D eigenvalue weighted by molar-refractivity contribution is -0.140. The minimum Gasteiger partial charge on any atom is -0.377 e. The molecule has 6 rings (SSSR count). The van der Waals surface area contributed by atoms with Crippen LogP contribution in [0.2, 0.25) is 0 Å². The number of rotatable bonds is 6. The summed E-state index contributed by atoms with van der Waals surface area (Å²) in [5, 5.41) is 15.4. The molecule has 2 aliphatic carbocycles. The average molecular weight is 562 g/mol. The standard InChI is InChI=1S/C32H36FN3O5/c1-6-32(40)21-12-25-30-20(14-36(25)31(39)19(21)8-10-26(32)37)29-23(34-27(38)11-16(4)41-15(2)3)9-7-18-17(5)22(33)13-24(35-30)28(18)29/h12-13,15-16,23,40H,6-11,14H2,1-5H3,(H,34,38)/t16-,23+,32+/m1/s1. The smallest absolute Gasteiger partial charge is 0.254 e. The highest BCUT2D eigenvalue weighted by Crippen LogP contribution is 2.46. The predicted octanol–water partition coefficient (Wildman–Crippen LogP) is 4.29. The molecule has 3 atom stereocenters. The zero-order valence-electron chi connectivity index (χ0n) is 24.2. The number of hydrogen-bond acceptors (Lipinski definition) is 6. The third-order valence-electron chi connectivity index (χ3n) is 9.07. The summed E-state index contributed by atoms with van der Waals surface area (Å²) < 4.78 is 22.5. The van der Waals surface area contributed by atoms with Gasteiger partial charge < -0.3 is 19.7 Å². The molecular formula is C32H36FN3O5. The Hall–Kier alpha value is -3.43. The molecular weight excluding hydrogens is 525 g/mol. The summed E-state index contributed by atoms with van der Waals surface area (Å²) in [6.07, 6.45) is 1.67. The van der Waals surface area contributed by atoms with Crippen LogP contribution in [-0.2, 0) is 39.3 Å². The van der Waals surface area contributed by atoms with Gasteiger partial charge in [0.25, 0.3) is 5.56 Å². The van der Waals surface area contributed by atoms with E-state index < -0.39 is 5.60 Å². The summed E-state index contributed by atoms with van der Waals surface area (Å²) in [6.45, 7) is 9.48. The molecule has 1 aromatic carbocycles. The Morgan fingerprint density at radius 2 is 1.95 bits per heavy atom. The highest BCUT2D eigenvalue weighted by molar-refractivity contribution is 5.94. The van der Waals surface area contributed by atoms with Crippen LogP contribution in [0.3, 0.4) is 0 Å². The van der Waals surface area contributed by atoms with E-state index in [4.69, 9.17) is 9.72 Å². The van der Waals surface area contributed by atoms with Crippen LogP contribution in [-0.4, -0.2) is 38.6 Å². The molecule has 41 heavy (non-hydrogen) atoms. The van der Waals surface area contributed by atoms with Crippen molar-refractivity contribution in [2.24, 2.45) is 0 Å². The van der Waals surface area contributed by atoms with Gasteiger partial charge in [0.2, 0.25) is 5.91 Å². The van der Waals surface area contributed by atoms with Gasteiger partial charge in [0.15, 0.2) is 5.78 Å². The van der Waals surface area contributed by atoms with Crippen LogP contribution < -0.4 is 10.9 Å². The molecule has 0 saturated carbocycles. The molecule has 8 nitrogen and oxygen atoms in total. The minimum atomic E-state index is -1.72. The van der Waals surface area contributed by atoms with Gasteiger partial charge in [-0.2, -0.15) is 0 Å². The largest absolute Gasteiger partial charge is 0.377 e. The third-order valence-corrected chi connectivity index (χ3v) is 9.07. The van der Waals surface area contributed by atoms with E-state index >= 15 is 4.39 Å². The molecule has 0 bridgehead atoms. The lowest BCUT2D eigenvalue weighted by Gasteiger charge is -2.32. The van der Waals surface area contributed by atoms with Crippen molar-refractivity contribution in [1.82, 2.24) is 14.9 Å². The van der Waals surface area contributed by atoms with Gasteiger partial charge in [-0.1, -0.05) is 6.92 Å². The van der Waals surface area contributed by atoms with Crippen molar-refractivity contribution in [3.8, 4) is 11.4 Å². The number of ketones is 1. The van der Waals surface area contributed by atoms with Gasteiger partial charge in [-0.15, -0.1) is 0 Å². The van der Waals surface area contributed by atoms with Crippen LogP contribution in [0.25, 0.3) is 22.3 Å². The Bertz CT molecular complexity index is 1690. The van der Waals surface area contributed by atoms with Gasteiger partial charge in [-0.3, -0.25) is 14.4 Å². The molecule has 2 aromatic heterocycles. The van der Waals surface area contributed by atoms with Crippen LogP contribution in [0.1, 0.15) is 92.8 Å². The number of carbonyl (C=O) groups excluding carboxylic acids is 2. The lowest BCUT2D eigenvalue weighted by atomic mass is 9.77. The number of hydrogen-bond donors (Lipinski definition) is 2. The number of nitrogens with zero attached hydrogens (tertiary/aromatic N) is 2. The number of ether oxygens (including phenoxy) is 1. The van der Waals surface area contributed by atoms with E-state index in [1.165, 1.54) is 6.07 Å². The van der Waals surface area contributed by atoms with Crippen molar-refractivity contribution in [3.63, 3.8) is 0 Å². The number of aryl methyl sites for hydroxylation is 1. The van der Waals surface area contributed by atoms with Crippen molar-refractivity contribution in [2.75, 3.05) is 0 Å². The molecule has 0 spiro atoms. The Balaban J connectivity index is 1.52. The second-order valence-corrected chi connectivity index (χ2v) is 12.0.